The summed E-state index contributed by atoms with van der Waals surface area (Å²) in [5.41, 5.74) is 22.6. The predicted molar refractivity (Wildman–Crippen MR) is 69.9 cm³/mol. The van der Waals surface area contributed by atoms with Crippen molar-refractivity contribution in [1.29, 1.82) is 0 Å². The molecule has 0 aliphatic carbocycles. The number of anilines is 3. The molecule has 2 aromatic carbocycles. The van der Waals surface area contributed by atoms with E-state index >= 15 is 0 Å². The van der Waals surface area contributed by atoms with Crippen LogP contribution in [-0.2, 0) is 0 Å². The van der Waals surface area contributed by atoms with Crippen molar-refractivity contribution < 1.29 is 0 Å². The fraction of sp³-hybridized carbons (Fsp3) is 0.0769. The zero-order chi connectivity index (χ0) is 11.7. The Morgan fingerprint density at radius 1 is 0.750 bits per heavy atom. The topological polar surface area (TPSA) is 78.1 Å². The molecule has 0 saturated carbocycles. The van der Waals surface area contributed by atoms with Crippen LogP contribution in [0, 0.1) is 6.92 Å². The molecule has 6 N–H and O–H groups in total. The van der Waals surface area contributed by atoms with Gasteiger partial charge in [0.05, 0.1) is 0 Å². The molecule has 0 radical (unpaired) electrons. The van der Waals surface area contributed by atoms with Crippen LogP contribution >= 0.6 is 0 Å². The molecular formula is C13H15N3. The van der Waals surface area contributed by atoms with Gasteiger partial charge in [-0.15, -0.1) is 0 Å². The van der Waals surface area contributed by atoms with E-state index in [0.29, 0.717) is 11.4 Å². The molecule has 2 rings (SSSR count). The number of hydrogen-bond donors (Lipinski definition) is 3. The molecule has 0 saturated heterocycles. The minimum atomic E-state index is 0.669. The molecule has 0 unspecified atom stereocenters. The molecule has 0 amide bonds. The first-order valence-electron chi connectivity index (χ1n) is 5.09. The Morgan fingerprint density at radius 3 is 2.06 bits per heavy atom. The van der Waals surface area contributed by atoms with Crippen molar-refractivity contribution in [2.24, 2.45) is 0 Å². The van der Waals surface area contributed by atoms with Crippen molar-refractivity contribution in [1.82, 2.24) is 0 Å². The first-order valence-corrected chi connectivity index (χ1v) is 5.09. The first kappa shape index (κ1) is 10.4. The van der Waals surface area contributed by atoms with E-state index in [4.69, 9.17) is 17.2 Å². The Hall–Kier alpha value is -2.16. The Labute approximate surface area is 94.9 Å². The van der Waals surface area contributed by atoms with Gasteiger partial charge in [0.1, 0.15) is 0 Å². The molecule has 0 aliphatic heterocycles. The summed E-state index contributed by atoms with van der Waals surface area (Å²) in [5.74, 6) is 0. The van der Waals surface area contributed by atoms with Crippen LogP contribution in [0.1, 0.15) is 5.56 Å². The standard InChI is InChI=1S/C13H15N3/c1-8-2-3-9(14)6-12(8)11-5-4-10(15)7-13(11)16/h2-7H,14-16H2,1H3. The average molecular weight is 213 g/mol. The highest BCUT2D eigenvalue weighted by atomic mass is 14.6. The number of rotatable bonds is 1. The number of aryl methyl sites for hydroxylation is 1. The van der Waals surface area contributed by atoms with E-state index in [9.17, 15) is 0 Å². The minimum Gasteiger partial charge on any atom is -0.399 e. The third-order valence-corrected chi connectivity index (χ3v) is 2.63. The van der Waals surface area contributed by atoms with Gasteiger partial charge in [-0.25, -0.2) is 0 Å². The van der Waals surface area contributed by atoms with Crippen molar-refractivity contribution in [2.75, 3.05) is 17.2 Å². The van der Waals surface area contributed by atoms with Gasteiger partial charge in [0.25, 0.3) is 0 Å². The van der Waals surface area contributed by atoms with Crippen LogP contribution in [0.15, 0.2) is 36.4 Å². The summed E-state index contributed by atoms with van der Waals surface area (Å²) in [6.45, 7) is 2.03. The summed E-state index contributed by atoms with van der Waals surface area (Å²) >= 11 is 0. The molecule has 0 heterocycles. The van der Waals surface area contributed by atoms with Crippen LogP contribution in [0.2, 0.25) is 0 Å². The Bertz CT molecular complexity index is 533. The van der Waals surface area contributed by atoms with Crippen molar-refractivity contribution in [2.45, 2.75) is 6.92 Å². The largest absolute Gasteiger partial charge is 0.399 e. The summed E-state index contributed by atoms with van der Waals surface area (Å²) in [6.07, 6.45) is 0. The lowest BCUT2D eigenvalue weighted by Crippen LogP contribution is -1.95. The quantitative estimate of drug-likeness (QED) is 0.636. The van der Waals surface area contributed by atoms with Crippen LogP contribution < -0.4 is 17.2 Å². The van der Waals surface area contributed by atoms with Gasteiger partial charge in [0.15, 0.2) is 0 Å². The van der Waals surface area contributed by atoms with E-state index in [1.165, 1.54) is 0 Å². The van der Waals surface area contributed by atoms with Gasteiger partial charge in [-0.1, -0.05) is 12.1 Å². The predicted octanol–water partition coefficient (Wildman–Crippen LogP) is 2.41. The van der Waals surface area contributed by atoms with E-state index in [2.05, 4.69) is 0 Å². The Balaban J connectivity index is 2.62. The molecule has 16 heavy (non-hydrogen) atoms. The van der Waals surface area contributed by atoms with Crippen molar-refractivity contribution in [3.05, 3.63) is 42.0 Å². The molecule has 0 fully saturated rings. The zero-order valence-corrected chi connectivity index (χ0v) is 9.20. The van der Waals surface area contributed by atoms with E-state index in [0.717, 1.165) is 22.4 Å². The molecule has 3 nitrogen and oxygen atoms in total. The highest BCUT2D eigenvalue weighted by Gasteiger charge is 2.06. The molecule has 0 aromatic heterocycles. The monoisotopic (exact) mass is 213 g/mol. The van der Waals surface area contributed by atoms with Crippen LogP contribution in [0.25, 0.3) is 11.1 Å². The summed E-state index contributed by atoms with van der Waals surface area (Å²) in [6, 6.07) is 11.3. The van der Waals surface area contributed by atoms with Gasteiger partial charge in [0, 0.05) is 22.6 Å². The highest BCUT2D eigenvalue weighted by Crippen LogP contribution is 2.31. The van der Waals surface area contributed by atoms with E-state index in [1.807, 2.05) is 37.3 Å². The lowest BCUT2D eigenvalue weighted by atomic mass is 9.98. The van der Waals surface area contributed by atoms with Crippen LogP contribution in [0.5, 0.6) is 0 Å². The van der Waals surface area contributed by atoms with E-state index in [1.54, 1.807) is 6.07 Å². The molecule has 0 bridgehead atoms. The summed E-state index contributed by atoms with van der Waals surface area (Å²) in [7, 11) is 0. The lowest BCUT2D eigenvalue weighted by molar-refractivity contribution is 1.46. The fourth-order valence-corrected chi connectivity index (χ4v) is 1.76. The Kier molecular flexibility index (Phi) is 2.44. The van der Waals surface area contributed by atoms with Gasteiger partial charge in [0.2, 0.25) is 0 Å². The number of nitrogens with two attached hydrogens (primary N) is 3. The van der Waals surface area contributed by atoms with Gasteiger partial charge in [-0.05, 0) is 42.3 Å². The molecule has 3 heteroatoms. The normalized spacial score (nSPS) is 10.3. The SMILES string of the molecule is Cc1ccc(N)cc1-c1ccc(N)cc1N. The molecule has 0 spiro atoms. The maximum Gasteiger partial charge on any atom is 0.0414 e. The van der Waals surface area contributed by atoms with Gasteiger partial charge >= 0.3 is 0 Å². The van der Waals surface area contributed by atoms with E-state index in [-0.39, 0.29) is 0 Å². The van der Waals surface area contributed by atoms with E-state index < -0.39 is 0 Å². The average Bonchev–Trinajstić information content (AvgIpc) is 2.22. The number of nitrogen functional groups attached to an aromatic ring is 3. The van der Waals surface area contributed by atoms with Gasteiger partial charge in [-0.2, -0.15) is 0 Å². The second-order valence-corrected chi connectivity index (χ2v) is 3.92. The summed E-state index contributed by atoms with van der Waals surface area (Å²) in [5, 5.41) is 0. The highest BCUT2D eigenvalue weighted by molar-refractivity contribution is 5.82. The second-order valence-electron chi connectivity index (χ2n) is 3.92. The lowest BCUT2D eigenvalue weighted by Gasteiger charge is -2.10. The molecule has 0 aliphatic rings. The van der Waals surface area contributed by atoms with Crippen molar-refractivity contribution in [3.8, 4) is 11.1 Å². The smallest absolute Gasteiger partial charge is 0.0414 e. The summed E-state index contributed by atoms with van der Waals surface area (Å²) in [4.78, 5) is 0. The maximum atomic E-state index is 5.95. The Morgan fingerprint density at radius 2 is 1.38 bits per heavy atom. The minimum absolute atomic E-state index is 0.669. The first-order chi connectivity index (χ1) is 7.58. The van der Waals surface area contributed by atoms with Gasteiger partial charge < -0.3 is 17.2 Å². The molecule has 82 valence electrons. The van der Waals surface area contributed by atoms with Crippen molar-refractivity contribution in [3.63, 3.8) is 0 Å². The van der Waals surface area contributed by atoms with Crippen LogP contribution in [0.4, 0.5) is 17.1 Å². The molecule has 0 atom stereocenters. The van der Waals surface area contributed by atoms with Crippen molar-refractivity contribution >= 4 is 17.1 Å². The number of hydrogen-bond acceptors (Lipinski definition) is 3. The molecule has 2 aromatic rings. The molecular weight excluding hydrogens is 198 g/mol. The van der Waals surface area contributed by atoms with Crippen LogP contribution in [0.3, 0.4) is 0 Å². The zero-order valence-electron chi connectivity index (χ0n) is 9.20. The third-order valence-electron chi connectivity index (χ3n) is 2.63. The third kappa shape index (κ3) is 1.80. The number of benzene rings is 2. The second kappa shape index (κ2) is 3.77. The van der Waals surface area contributed by atoms with Gasteiger partial charge in [-0.3, -0.25) is 0 Å². The maximum absolute atomic E-state index is 5.95. The fourth-order valence-electron chi connectivity index (χ4n) is 1.76. The van der Waals surface area contributed by atoms with Crippen LogP contribution in [-0.4, -0.2) is 0 Å². The summed E-state index contributed by atoms with van der Waals surface area (Å²) < 4.78 is 0.